The van der Waals surface area contributed by atoms with Crippen LogP contribution in [0.3, 0.4) is 0 Å². The summed E-state index contributed by atoms with van der Waals surface area (Å²) >= 11 is 0. The summed E-state index contributed by atoms with van der Waals surface area (Å²) in [4.78, 5) is 2.61. The summed E-state index contributed by atoms with van der Waals surface area (Å²) in [6.07, 6.45) is 2.71. The van der Waals surface area contributed by atoms with Gasteiger partial charge in [0.25, 0.3) is 0 Å². The van der Waals surface area contributed by atoms with Crippen LogP contribution in [-0.2, 0) is 17.9 Å². The molecule has 3 heteroatoms. The maximum Gasteiger partial charge on any atom is 0.0713 e. The van der Waals surface area contributed by atoms with Crippen LogP contribution < -0.4 is 5.32 Å². The zero-order valence-electron chi connectivity index (χ0n) is 11.8. The van der Waals surface area contributed by atoms with Gasteiger partial charge in [-0.3, -0.25) is 4.90 Å². The number of methoxy groups -OCH3 is 1. The van der Waals surface area contributed by atoms with Gasteiger partial charge in [0, 0.05) is 26.7 Å². The van der Waals surface area contributed by atoms with E-state index in [1.807, 2.05) is 0 Å². The molecule has 2 heterocycles. The van der Waals surface area contributed by atoms with Crippen molar-refractivity contribution in [1.29, 1.82) is 0 Å². The van der Waals surface area contributed by atoms with Gasteiger partial charge in [-0.25, -0.2) is 0 Å². The van der Waals surface area contributed by atoms with Gasteiger partial charge in [0.2, 0.25) is 0 Å². The Morgan fingerprint density at radius 2 is 2.21 bits per heavy atom. The number of hydrogen-bond acceptors (Lipinski definition) is 3. The molecule has 1 N–H and O–H groups in total. The van der Waals surface area contributed by atoms with Gasteiger partial charge in [0.05, 0.1) is 6.61 Å². The van der Waals surface area contributed by atoms with Crippen LogP contribution in [0, 0.1) is 5.41 Å². The van der Waals surface area contributed by atoms with Crippen LogP contribution in [0.4, 0.5) is 0 Å². The Balaban J connectivity index is 1.61. The molecule has 1 unspecified atom stereocenters. The fourth-order valence-electron chi connectivity index (χ4n) is 3.55. The van der Waals surface area contributed by atoms with Crippen molar-refractivity contribution in [3.8, 4) is 0 Å². The molecule has 1 atom stereocenters. The van der Waals surface area contributed by atoms with Crippen molar-refractivity contribution in [2.45, 2.75) is 26.0 Å². The van der Waals surface area contributed by atoms with E-state index in [1.54, 1.807) is 7.11 Å². The predicted octanol–water partition coefficient (Wildman–Crippen LogP) is 2.02. The highest BCUT2D eigenvalue weighted by Crippen LogP contribution is 2.36. The molecule has 3 rings (SSSR count). The van der Waals surface area contributed by atoms with E-state index in [0.29, 0.717) is 12.0 Å². The predicted molar refractivity (Wildman–Crippen MR) is 77.0 cm³/mol. The van der Waals surface area contributed by atoms with Gasteiger partial charge >= 0.3 is 0 Å². The average molecular weight is 260 g/mol. The molecular formula is C16H24N2O. The molecule has 0 radical (unpaired) electrons. The number of rotatable bonds is 4. The van der Waals surface area contributed by atoms with E-state index in [-0.39, 0.29) is 0 Å². The van der Waals surface area contributed by atoms with Crippen molar-refractivity contribution in [3.63, 3.8) is 0 Å². The van der Waals surface area contributed by atoms with E-state index in [0.717, 1.165) is 6.54 Å². The molecule has 0 saturated carbocycles. The van der Waals surface area contributed by atoms with Crippen molar-refractivity contribution in [1.82, 2.24) is 10.2 Å². The molecular weight excluding hydrogens is 236 g/mol. The fourth-order valence-corrected chi connectivity index (χ4v) is 3.55. The van der Waals surface area contributed by atoms with Gasteiger partial charge in [0.1, 0.15) is 0 Å². The maximum atomic E-state index is 5.21. The first-order valence-electron chi connectivity index (χ1n) is 7.30. The lowest BCUT2D eigenvalue weighted by atomic mass is 9.86. The van der Waals surface area contributed by atoms with E-state index >= 15 is 0 Å². The van der Waals surface area contributed by atoms with E-state index < -0.39 is 0 Å². The first-order valence-corrected chi connectivity index (χ1v) is 7.30. The van der Waals surface area contributed by atoms with E-state index in [2.05, 4.69) is 34.5 Å². The highest BCUT2D eigenvalue weighted by atomic mass is 16.5. The zero-order chi connectivity index (χ0) is 13.1. The second kappa shape index (κ2) is 5.61. The first kappa shape index (κ1) is 13.1. The number of benzene rings is 1. The highest BCUT2D eigenvalue weighted by molar-refractivity contribution is 5.23. The summed E-state index contributed by atoms with van der Waals surface area (Å²) in [6, 6.07) is 8.80. The van der Waals surface area contributed by atoms with E-state index in [9.17, 15) is 0 Å². The lowest BCUT2D eigenvalue weighted by Crippen LogP contribution is -2.28. The quantitative estimate of drug-likeness (QED) is 0.896. The van der Waals surface area contributed by atoms with Crippen LogP contribution in [-0.4, -0.2) is 38.2 Å². The van der Waals surface area contributed by atoms with Gasteiger partial charge in [-0.15, -0.1) is 0 Å². The first-order chi connectivity index (χ1) is 9.30. The van der Waals surface area contributed by atoms with Crippen molar-refractivity contribution in [2.75, 3.05) is 33.3 Å². The molecule has 2 saturated heterocycles. The molecule has 0 bridgehead atoms. The summed E-state index contributed by atoms with van der Waals surface area (Å²) in [5, 5.41) is 3.52. The molecule has 1 aromatic rings. The van der Waals surface area contributed by atoms with Crippen molar-refractivity contribution >= 4 is 0 Å². The second-order valence-electron chi connectivity index (χ2n) is 6.14. The van der Waals surface area contributed by atoms with Gasteiger partial charge in [-0.1, -0.05) is 24.3 Å². The van der Waals surface area contributed by atoms with Crippen LogP contribution in [0.15, 0.2) is 24.3 Å². The standard InChI is InChI=1S/C16H24N2O/c1-19-11-15-4-2-3-14(9-15)10-18-8-6-16(13-18)5-7-17-12-16/h2-4,9,17H,5-8,10-13H2,1H3. The minimum Gasteiger partial charge on any atom is -0.380 e. The van der Waals surface area contributed by atoms with E-state index in [4.69, 9.17) is 4.74 Å². The molecule has 2 aliphatic heterocycles. The number of nitrogens with one attached hydrogen (secondary N) is 1. The molecule has 104 valence electrons. The molecule has 2 fully saturated rings. The third-order valence-corrected chi connectivity index (χ3v) is 4.56. The Morgan fingerprint density at radius 3 is 3.00 bits per heavy atom. The van der Waals surface area contributed by atoms with Crippen LogP contribution in [0.2, 0.25) is 0 Å². The summed E-state index contributed by atoms with van der Waals surface area (Å²) in [5.74, 6) is 0. The highest BCUT2D eigenvalue weighted by Gasteiger charge is 2.39. The Bertz CT molecular complexity index is 427. The largest absolute Gasteiger partial charge is 0.380 e. The Kier molecular flexibility index (Phi) is 3.87. The second-order valence-corrected chi connectivity index (χ2v) is 6.14. The Labute approximate surface area is 115 Å². The van der Waals surface area contributed by atoms with E-state index in [1.165, 1.54) is 50.1 Å². The molecule has 0 aromatic heterocycles. The van der Waals surface area contributed by atoms with Crippen molar-refractivity contribution < 1.29 is 4.74 Å². The average Bonchev–Trinajstić information content (AvgIpc) is 3.02. The summed E-state index contributed by atoms with van der Waals surface area (Å²) < 4.78 is 5.21. The molecule has 19 heavy (non-hydrogen) atoms. The lowest BCUT2D eigenvalue weighted by Gasteiger charge is -2.23. The van der Waals surface area contributed by atoms with Crippen LogP contribution >= 0.6 is 0 Å². The normalized spacial score (nSPS) is 27.4. The Morgan fingerprint density at radius 1 is 1.32 bits per heavy atom. The number of hydrogen-bond donors (Lipinski definition) is 1. The summed E-state index contributed by atoms with van der Waals surface area (Å²) in [5.41, 5.74) is 3.26. The fraction of sp³-hybridized carbons (Fsp3) is 0.625. The summed E-state index contributed by atoms with van der Waals surface area (Å²) in [7, 11) is 1.75. The molecule has 2 aliphatic rings. The topological polar surface area (TPSA) is 24.5 Å². The minimum atomic E-state index is 0.574. The molecule has 0 aliphatic carbocycles. The van der Waals surface area contributed by atoms with Crippen molar-refractivity contribution in [2.24, 2.45) is 5.41 Å². The number of ether oxygens (including phenoxy) is 1. The maximum absolute atomic E-state index is 5.21. The van der Waals surface area contributed by atoms with Gasteiger partial charge in [0.15, 0.2) is 0 Å². The third-order valence-electron chi connectivity index (χ3n) is 4.56. The molecule has 1 aromatic carbocycles. The lowest BCUT2D eigenvalue weighted by molar-refractivity contribution is 0.184. The van der Waals surface area contributed by atoms with Gasteiger partial charge < -0.3 is 10.1 Å². The van der Waals surface area contributed by atoms with Gasteiger partial charge in [-0.05, 0) is 42.5 Å². The zero-order valence-corrected chi connectivity index (χ0v) is 11.8. The molecule has 0 amide bonds. The summed E-state index contributed by atoms with van der Waals surface area (Å²) in [6.45, 7) is 6.72. The van der Waals surface area contributed by atoms with Crippen LogP contribution in [0.1, 0.15) is 24.0 Å². The third kappa shape index (κ3) is 2.99. The monoisotopic (exact) mass is 260 g/mol. The number of nitrogens with zero attached hydrogens (tertiary/aromatic N) is 1. The SMILES string of the molecule is COCc1cccc(CN2CCC3(CCNC3)C2)c1. The Hall–Kier alpha value is -0.900. The minimum absolute atomic E-state index is 0.574. The van der Waals surface area contributed by atoms with Crippen LogP contribution in [0.5, 0.6) is 0 Å². The molecule has 1 spiro atoms. The van der Waals surface area contributed by atoms with Gasteiger partial charge in [-0.2, -0.15) is 0 Å². The molecule has 3 nitrogen and oxygen atoms in total. The number of likely N-dealkylation sites (tertiary alicyclic amines) is 1. The smallest absolute Gasteiger partial charge is 0.0713 e. The van der Waals surface area contributed by atoms with Crippen LogP contribution in [0.25, 0.3) is 0 Å². The van der Waals surface area contributed by atoms with Crippen molar-refractivity contribution in [3.05, 3.63) is 35.4 Å².